The molecule has 0 aliphatic carbocycles. The molecule has 1 unspecified atom stereocenters. The van der Waals surface area contributed by atoms with Crippen LogP contribution in [0.15, 0.2) is 24.3 Å². The Balaban J connectivity index is 2.74. The second-order valence-corrected chi connectivity index (χ2v) is 6.05. The normalized spacial score (nSPS) is 12.3. The molecule has 0 aromatic heterocycles. The van der Waals surface area contributed by atoms with Gasteiger partial charge in [0.2, 0.25) is 0 Å². The molecule has 0 heterocycles. The van der Waals surface area contributed by atoms with E-state index in [1.54, 1.807) is 0 Å². The highest BCUT2D eigenvalue weighted by Gasteiger charge is 2.14. The summed E-state index contributed by atoms with van der Waals surface area (Å²) in [5, 5.41) is 3.86. The summed E-state index contributed by atoms with van der Waals surface area (Å²) in [5.74, 6) is 0.560. The summed E-state index contributed by atoms with van der Waals surface area (Å²) in [4.78, 5) is 14.2. The second kappa shape index (κ2) is 7.53. The van der Waals surface area contributed by atoms with Crippen LogP contribution in [-0.4, -0.2) is 31.4 Å². The van der Waals surface area contributed by atoms with Gasteiger partial charge in [0.25, 0.3) is 5.91 Å². The van der Waals surface area contributed by atoms with Crippen LogP contribution in [0.25, 0.3) is 0 Å². The van der Waals surface area contributed by atoms with Gasteiger partial charge in [-0.05, 0) is 30.5 Å². The number of anilines is 1. The lowest BCUT2D eigenvalue weighted by Crippen LogP contribution is -2.37. The number of hydrogen-bond donors (Lipinski definition) is 1. The quantitative estimate of drug-likeness (QED) is 0.813. The fraction of sp³-hybridized carbons (Fsp3) is 0.533. The van der Waals surface area contributed by atoms with Crippen LogP contribution in [0.5, 0.6) is 0 Å². The first-order valence-corrected chi connectivity index (χ1v) is 7.70. The molecule has 3 nitrogen and oxygen atoms in total. The van der Waals surface area contributed by atoms with E-state index in [9.17, 15) is 4.79 Å². The van der Waals surface area contributed by atoms with Crippen molar-refractivity contribution in [3.63, 3.8) is 0 Å². The van der Waals surface area contributed by atoms with E-state index in [2.05, 4.69) is 35.1 Å². The molecule has 1 amide bonds. The summed E-state index contributed by atoms with van der Waals surface area (Å²) in [6.07, 6.45) is 0.977. The number of nitrogens with one attached hydrogen (secondary N) is 1. The van der Waals surface area contributed by atoms with Crippen molar-refractivity contribution in [1.29, 1.82) is 0 Å². The minimum atomic E-state index is -0.00574. The van der Waals surface area contributed by atoms with Crippen molar-refractivity contribution in [2.24, 2.45) is 5.92 Å². The molecule has 4 heteroatoms. The molecule has 19 heavy (non-hydrogen) atoms. The Morgan fingerprint density at radius 2 is 2.05 bits per heavy atom. The van der Waals surface area contributed by atoms with Crippen molar-refractivity contribution in [3.8, 4) is 0 Å². The van der Waals surface area contributed by atoms with Crippen molar-refractivity contribution in [1.82, 2.24) is 5.32 Å². The zero-order valence-corrected chi connectivity index (χ0v) is 13.7. The lowest BCUT2D eigenvalue weighted by atomic mass is 10.0. The lowest BCUT2D eigenvalue weighted by molar-refractivity contribution is 0.0937. The molecule has 0 bridgehead atoms. The maximum Gasteiger partial charge on any atom is 0.251 e. The molecule has 1 aromatic carbocycles. The third kappa shape index (κ3) is 5.23. The van der Waals surface area contributed by atoms with Crippen LogP contribution in [0.4, 0.5) is 5.69 Å². The first kappa shape index (κ1) is 16.0. The number of nitrogens with zero attached hydrogens (tertiary/aromatic N) is 1. The number of alkyl halides is 1. The summed E-state index contributed by atoms with van der Waals surface area (Å²) in [6, 6.07) is 7.84. The van der Waals surface area contributed by atoms with E-state index in [4.69, 9.17) is 0 Å². The predicted octanol–water partition coefficient (Wildman–Crippen LogP) is 3.29. The van der Waals surface area contributed by atoms with E-state index in [-0.39, 0.29) is 11.9 Å². The van der Waals surface area contributed by atoms with E-state index >= 15 is 0 Å². The Morgan fingerprint density at radius 1 is 1.37 bits per heavy atom. The van der Waals surface area contributed by atoms with Gasteiger partial charge in [-0.3, -0.25) is 4.79 Å². The number of hydrogen-bond acceptors (Lipinski definition) is 2. The maximum atomic E-state index is 12.2. The Morgan fingerprint density at radius 3 is 2.58 bits per heavy atom. The van der Waals surface area contributed by atoms with Crippen LogP contribution >= 0.6 is 15.9 Å². The standard InChI is InChI=1S/C15H23BrN2O/c1-11(2)8-13(10-16)17-15(19)12-6-5-7-14(9-12)18(3)4/h5-7,9,11,13H,8,10H2,1-4H3,(H,17,19). The number of amides is 1. The molecule has 1 aromatic rings. The SMILES string of the molecule is CC(C)CC(CBr)NC(=O)c1cccc(N(C)C)c1. The fourth-order valence-corrected chi connectivity index (χ4v) is 2.35. The summed E-state index contributed by atoms with van der Waals surface area (Å²) >= 11 is 3.46. The average molecular weight is 327 g/mol. The number of rotatable bonds is 6. The molecule has 0 aliphatic heterocycles. The van der Waals surface area contributed by atoms with E-state index in [1.165, 1.54) is 0 Å². The van der Waals surface area contributed by atoms with Gasteiger partial charge in [0.05, 0.1) is 0 Å². The van der Waals surface area contributed by atoms with E-state index < -0.39 is 0 Å². The smallest absolute Gasteiger partial charge is 0.251 e. The number of halogens is 1. The Hall–Kier alpha value is -1.03. The Labute approximate surface area is 124 Å². The van der Waals surface area contributed by atoms with Crippen molar-refractivity contribution in [2.75, 3.05) is 24.3 Å². The number of carbonyl (C=O) groups is 1. The molecule has 1 N–H and O–H groups in total. The largest absolute Gasteiger partial charge is 0.378 e. The van der Waals surface area contributed by atoms with Crippen molar-refractivity contribution < 1.29 is 4.79 Å². The molecule has 0 fully saturated rings. The average Bonchev–Trinajstić information content (AvgIpc) is 2.37. The zero-order valence-electron chi connectivity index (χ0n) is 12.1. The van der Waals surface area contributed by atoms with Gasteiger partial charge in [0.1, 0.15) is 0 Å². The van der Waals surface area contributed by atoms with Crippen LogP contribution in [-0.2, 0) is 0 Å². The van der Waals surface area contributed by atoms with Gasteiger partial charge >= 0.3 is 0 Å². The van der Waals surface area contributed by atoms with Crippen LogP contribution in [0.3, 0.4) is 0 Å². The highest BCUT2D eigenvalue weighted by Crippen LogP contribution is 2.14. The molecule has 0 radical (unpaired) electrons. The van der Waals surface area contributed by atoms with E-state index in [1.807, 2.05) is 43.3 Å². The Bertz CT molecular complexity index is 418. The van der Waals surface area contributed by atoms with Crippen molar-refractivity contribution in [3.05, 3.63) is 29.8 Å². The summed E-state index contributed by atoms with van der Waals surface area (Å²) < 4.78 is 0. The van der Waals surface area contributed by atoms with Gasteiger partial charge in [0, 0.05) is 36.7 Å². The topological polar surface area (TPSA) is 32.3 Å². The van der Waals surface area contributed by atoms with Crippen LogP contribution in [0, 0.1) is 5.92 Å². The number of carbonyl (C=O) groups excluding carboxylic acids is 1. The third-order valence-electron chi connectivity index (χ3n) is 2.90. The summed E-state index contributed by atoms with van der Waals surface area (Å²) in [7, 11) is 3.94. The van der Waals surface area contributed by atoms with Gasteiger partial charge < -0.3 is 10.2 Å². The lowest BCUT2D eigenvalue weighted by Gasteiger charge is -2.19. The van der Waals surface area contributed by atoms with Crippen LogP contribution in [0.1, 0.15) is 30.6 Å². The first-order chi connectivity index (χ1) is 8.93. The summed E-state index contributed by atoms with van der Waals surface area (Å²) in [6.45, 7) is 4.32. The molecule has 0 aliphatic rings. The van der Waals surface area contributed by atoms with Gasteiger partial charge in [-0.25, -0.2) is 0 Å². The molecule has 0 saturated carbocycles. The van der Waals surface area contributed by atoms with Crippen LogP contribution in [0.2, 0.25) is 0 Å². The molecular formula is C15H23BrN2O. The van der Waals surface area contributed by atoms with Gasteiger partial charge in [-0.1, -0.05) is 35.8 Å². The molecule has 0 spiro atoms. The zero-order chi connectivity index (χ0) is 14.4. The Kier molecular flexibility index (Phi) is 6.35. The van der Waals surface area contributed by atoms with Gasteiger partial charge in [0.15, 0.2) is 0 Å². The molecule has 1 rings (SSSR count). The van der Waals surface area contributed by atoms with Crippen molar-refractivity contribution >= 4 is 27.5 Å². The third-order valence-corrected chi connectivity index (χ3v) is 3.68. The van der Waals surface area contributed by atoms with Gasteiger partial charge in [-0.2, -0.15) is 0 Å². The first-order valence-electron chi connectivity index (χ1n) is 6.58. The molecular weight excluding hydrogens is 304 g/mol. The predicted molar refractivity (Wildman–Crippen MR) is 85.3 cm³/mol. The highest BCUT2D eigenvalue weighted by atomic mass is 79.9. The highest BCUT2D eigenvalue weighted by molar-refractivity contribution is 9.09. The monoisotopic (exact) mass is 326 g/mol. The minimum absolute atomic E-state index is 0.00574. The van der Waals surface area contributed by atoms with E-state index in [0.717, 1.165) is 17.4 Å². The minimum Gasteiger partial charge on any atom is -0.378 e. The molecule has 106 valence electrons. The maximum absolute atomic E-state index is 12.2. The second-order valence-electron chi connectivity index (χ2n) is 5.40. The molecule has 0 saturated heterocycles. The fourth-order valence-electron chi connectivity index (χ4n) is 1.92. The van der Waals surface area contributed by atoms with Crippen molar-refractivity contribution in [2.45, 2.75) is 26.3 Å². The molecule has 1 atom stereocenters. The van der Waals surface area contributed by atoms with Gasteiger partial charge in [-0.15, -0.1) is 0 Å². The van der Waals surface area contributed by atoms with E-state index in [0.29, 0.717) is 11.5 Å². The summed E-state index contributed by atoms with van der Waals surface area (Å²) in [5.41, 5.74) is 1.74. The van der Waals surface area contributed by atoms with Crippen LogP contribution < -0.4 is 10.2 Å². The number of benzene rings is 1.